The average molecular weight is 326 g/mol. The standard InChI is InChI=1S/C19H16F2N2O/c1-2-10-23-12-17(14-4-3-5-16(21)11-14)18(22-23)19(24)13-6-8-15(20)9-7-13/h1,3-9,11,17-18,22H,10,12H2. The van der Waals surface area contributed by atoms with Crippen LogP contribution in [0.25, 0.3) is 0 Å². The van der Waals surface area contributed by atoms with Gasteiger partial charge in [-0.05, 0) is 42.0 Å². The maximum Gasteiger partial charge on any atom is 0.181 e. The minimum Gasteiger partial charge on any atom is -0.292 e. The molecule has 0 bridgehead atoms. The lowest BCUT2D eigenvalue weighted by Crippen LogP contribution is -2.40. The molecule has 0 aromatic heterocycles. The van der Waals surface area contributed by atoms with Crippen molar-refractivity contribution < 1.29 is 13.6 Å². The summed E-state index contributed by atoms with van der Waals surface area (Å²) in [6.07, 6.45) is 5.35. The molecule has 5 heteroatoms. The predicted octanol–water partition coefficient (Wildman–Crippen LogP) is 2.75. The summed E-state index contributed by atoms with van der Waals surface area (Å²) >= 11 is 0. The van der Waals surface area contributed by atoms with Crippen molar-refractivity contribution in [2.45, 2.75) is 12.0 Å². The SMILES string of the molecule is C#CCN1CC(c2cccc(F)c2)C(C(=O)c2ccc(F)cc2)N1. The fourth-order valence-corrected chi connectivity index (χ4v) is 2.97. The van der Waals surface area contributed by atoms with Crippen LogP contribution in [0.4, 0.5) is 8.78 Å². The number of halogens is 2. The van der Waals surface area contributed by atoms with Gasteiger partial charge < -0.3 is 0 Å². The second-order valence-electron chi connectivity index (χ2n) is 5.72. The van der Waals surface area contributed by atoms with E-state index in [9.17, 15) is 13.6 Å². The lowest BCUT2D eigenvalue weighted by molar-refractivity contribution is 0.0925. The molecule has 122 valence electrons. The third kappa shape index (κ3) is 3.35. The molecule has 24 heavy (non-hydrogen) atoms. The minimum atomic E-state index is -0.578. The van der Waals surface area contributed by atoms with Crippen molar-refractivity contribution in [1.29, 1.82) is 0 Å². The van der Waals surface area contributed by atoms with Crippen LogP contribution in [0.2, 0.25) is 0 Å². The number of benzene rings is 2. The normalized spacial score (nSPS) is 20.7. The number of Topliss-reactive ketones (excluding diaryl/α,β-unsaturated/α-hetero) is 1. The Morgan fingerprint density at radius 1 is 1.21 bits per heavy atom. The summed E-state index contributed by atoms with van der Waals surface area (Å²) in [5, 5.41) is 1.77. The molecule has 0 spiro atoms. The van der Waals surface area contributed by atoms with Gasteiger partial charge in [0.05, 0.1) is 12.6 Å². The van der Waals surface area contributed by atoms with Crippen LogP contribution in [0.5, 0.6) is 0 Å². The van der Waals surface area contributed by atoms with Crippen LogP contribution < -0.4 is 5.43 Å². The zero-order valence-corrected chi connectivity index (χ0v) is 12.9. The quantitative estimate of drug-likeness (QED) is 0.693. The van der Waals surface area contributed by atoms with Gasteiger partial charge in [0.15, 0.2) is 5.78 Å². The van der Waals surface area contributed by atoms with Crippen LogP contribution in [-0.4, -0.2) is 29.9 Å². The monoisotopic (exact) mass is 326 g/mol. The molecule has 1 aliphatic heterocycles. The van der Waals surface area contributed by atoms with E-state index < -0.39 is 11.9 Å². The van der Waals surface area contributed by atoms with Gasteiger partial charge in [-0.25, -0.2) is 19.2 Å². The molecule has 1 heterocycles. The van der Waals surface area contributed by atoms with Crippen molar-refractivity contribution in [3.8, 4) is 12.3 Å². The zero-order chi connectivity index (χ0) is 17.1. The highest BCUT2D eigenvalue weighted by molar-refractivity contribution is 6.01. The number of hydrogen-bond donors (Lipinski definition) is 1. The molecule has 1 aliphatic rings. The third-order valence-electron chi connectivity index (χ3n) is 4.11. The molecule has 0 saturated carbocycles. The molecule has 1 saturated heterocycles. The van der Waals surface area contributed by atoms with Crippen molar-refractivity contribution >= 4 is 5.78 Å². The fraction of sp³-hybridized carbons (Fsp3) is 0.211. The maximum absolute atomic E-state index is 13.6. The summed E-state index contributed by atoms with van der Waals surface area (Å²) in [6, 6.07) is 11.0. The number of nitrogens with one attached hydrogen (secondary N) is 1. The first kappa shape index (κ1) is 16.3. The predicted molar refractivity (Wildman–Crippen MR) is 87.2 cm³/mol. The second kappa shape index (κ2) is 6.91. The van der Waals surface area contributed by atoms with E-state index in [0.29, 0.717) is 18.7 Å². The second-order valence-corrected chi connectivity index (χ2v) is 5.72. The van der Waals surface area contributed by atoms with E-state index >= 15 is 0 Å². The molecule has 2 aromatic carbocycles. The van der Waals surface area contributed by atoms with Gasteiger partial charge >= 0.3 is 0 Å². The number of carbonyl (C=O) groups is 1. The van der Waals surface area contributed by atoms with Crippen LogP contribution in [0.15, 0.2) is 48.5 Å². The Morgan fingerprint density at radius 3 is 2.62 bits per heavy atom. The fourth-order valence-electron chi connectivity index (χ4n) is 2.97. The molecular weight excluding hydrogens is 310 g/mol. The molecule has 2 unspecified atom stereocenters. The van der Waals surface area contributed by atoms with Gasteiger partial charge in [0.25, 0.3) is 0 Å². The van der Waals surface area contributed by atoms with Crippen molar-refractivity contribution in [1.82, 2.24) is 10.4 Å². The van der Waals surface area contributed by atoms with Gasteiger partial charge in [-0.1, -0.05) is 18.1 Å². The van der Waals surface area contributed by atoms with E-state index in [0.717, 1.165) is 5.56 Å². The molecule has 1 fully saturated rings. The first-order chi connectivity index (χ1) is 11.6. The van der Waals surface area contributed by atoms with E-state index in [4.69, 9.17) is 6.42 Å². The van der Waals surface area contributed by atoms with Crippen molar-refractivity contribution in [2.24, 2.45) is 0 Å². The lowest BCUT2D eigenvalue weighted by Gasteiger charge is -2.18. The minimum absolute atomic E-state index is 0.177. The van der Waals surface area contributed by atoms with Crippen LogP contribution in [0.1, 0.15) is 21.8 Å². The van der Waals surface area contributed by atoms with E-state index in [-0.39, 0.29) is 17.5 Å². The summed E-state index contributed by atoms with van der Waals surface area (Å²) in [5.74, 6) is 1.35. The molecule has 2 aromatic rings. The lowest BCUT2D eigenvalue weighted by atomic mass is 9.88. The number of hydrazine groups is 1. The van der Waals surface area contributed by atoms with Crippen molar-refractivity contribution in [2.75, 3.05) is 13.1 Å². The highest BCUT2D eigenvalue weighted by atomic mass is 19.1. The van der Waals surface area contributed by atoms with E-state index in [1.165, 1.54) is 36.4 Å². The van der Waals surface area contributed by atoms with Gasteiger partial charge in [-0.3, -0.25) is 4.79 Å². The van der Waals surface area contributed by atoms with E-state index in [1.807, 2.05) is 0 Å². The highest BCUT2D eigenvalue weighted by Crippen LogP contribution is 2.28. The summed E-state index contributed by atoms with van der Waals surface area (Å²) in [6.45, 7) is 0.824. The molecule has 0 aliphatic carbocycles. The first-order valence-corrected chi connectivity index (χ1v) is 7.58. The Bertz CT molecular complexity index is 783. The summed E-state index contributed by atoms with van der Waals surface area (Å²) < 4.78 is 26.6. The average Bonchev–Trinajstić information content (AvgIpc) is 2.99. The Kier molecular flexibility index (Phi) is 4.70. The number of hydrogen-bond acceptors (Lipinski definition) is 3. The van der Waals surface area contributed by atoms with Crippen LogP contribution in [0.3, 0.4) is 0 Å². The molecule has 0 amide bonds. The molecular formula is C19H16F2N2O. The maximum atomic E-state index is 13.6. The number of nitrogens with zero attached hydrogens (tertiary/aromatic N) is 1. The first-order valence-electron chi connectivity index (χ1n) is 7.58. The summed E-state index contributed by atoms with van der Waals surface area (Å²) in [7, 11) is 0. The molecule has 3 rings (SSSR count). The van der Waals surface area contributed by atoms with Gasteiger partial charge in [-0.15, -0.1) is 6.42 Å². The largest absolute Gasteiger partial charge is 0.292 e. The summed E-state index contributed by atoms with van der Waals surface area (Å²) in [4.78, 5) is 12.8. The molecule has 1 N–H and O–H groups in total. The van der Waals surface area contributed by atoms with Crippen LogP contribution in [-0.2, 0) is 0 Å². The number of carbonyl (C=O) groups excluding carboxylic acids is 1. The Hall–Kier alpha value is -2.55. The Morgan fingerprint density at radius 2 is 1.96 bits per heavy atom. The van der Waals surface area contributed by atoms with Gasteiger partial charge in [0.1, 0.15) is 11.6 Å². The van der Waals surface area contributed by atoms with E-state index in [1.54, 1.807) is 17.1 Å². The van der Waals surface area contributed by atoms with Crippen LogP contribution in [0, 0.1) is 24.0 Å². The highest BCUT2D eigenvalue weighted by Gasteiger charge is 2.38. The molecule has 2 atom stereocenters. The number of terminal acetylenes is 1. The van der Waals surface area contributed by atoms with Crippen LogP contribution >= 0.6 is 0 Å². The van der Waals surface area contributed by atoms with Gasteiger partial charge in [-0.2, -0.15) is 0 Å². The molecule has 3 nitrogen and oxygen atoms in total. The van der Waals surface area contributed by atoms with Crippen molar-refractivity contribution in [3.63, 3.8) is 0 Å². The summed E-state index contributed by atoms with van der Waals surface area (Å²) in [5.41, 5.74) is 4.22. The smallest absolute Gasteiger partial charge is 0.181 e. The molecule has 0 radical (unpaired) electrons. The van der Waals surface area contributed by atoms with Gasteiger partial charge in [0, 0.05) is 18.0 Å². The van der Waals surface area contributed by atoms with Gasteiger partial charge in [0.2, 0.25) is 0 Å². The Labute approximate surface area is 139 Å². The number of rotatable bonds is 4. The Balaban J connectivity index is 1.91. The van der Waals surface area contributed by atoms with E-state index in [2.05, 4.69) is 11.3 Å². The topological polar surface area (TPSA) is 32.3 Å². The third-order valence-corrected chi connectivity index (χ3v) is 4.11. The number of ketones is 1. The van der Waals surface area contributed by atoms with Crippen molar-refractivity contribution in [3.05, 3.63) is 71.3 Å². The zero-order valence-electron chi connectivity index (χ0n) is 12.9.